The van der Waals surface area contributed by atoms with Crippen molar-refractivity contribution in [1.29, 1.82) is 0 Å². The number of ether oxygens (including phenoxy) is 2. The molecule has 0 unspecified atom stereocenters. The van der Waals surface area contributed by atoms with Crippen molar-refractivity contribution in [3.8, 4) is 11.6 Å². The minimum absolute atomic E-state index is 0.0254. The lowest BCUT2D eigenvalue weighted by molar-refractivity contribution is -0.119. The number of aromatic amines is 1. The molecule has 32 heavy (non-hydrogen) atoms. The van der Waals surface area contributed by atoms with Crippen molar-refractivity contribution in [1.82, 2.24) is 30.9 Å². The summed E-state index contributed by atoms with van der Waals surface area (Å²) in [5, 5.41) is 16.7. The molecule has 164 valence electrons. The molecule has 2 aromatic heterocycles. The average molecular weight is 432 g/mol. The lowest BCUT2D eigenvalue weighted by Crippen LogP contribution is -2.23. The van der Waals surface area contributed by atoms with E-state index in [0.717, 1.165) is 28.8 Å². The van der Waals surface area contributed by atoms with E-state index in [-0.39, 0.29) is 18.6 Å². The van der Waals surface area contributed by atoms with E-state index in [4.69, 9.17) is 14.5 Å². The number of H-pyrrole nitrogens is 1. The van der Waals surface area contributed by atoms with Gasteiger partial charge in [-0.15, -0.1) is 10.2 Å². The highest BCUT2D eigenvalue weighted by atomic mass is 16.5. The van der Waals surface area contributed by atoms with Crippen molar-refractivity contribution in [2.75, 3.05) is 7.11 Å². The zero-order chi connectivity index (χ0) is 21.9. The molecule has 2 aliphatic rings. The molecule has 3 heterocycles. The lowest BCUT2D eigenvalue weighted by Gasteiger charge is -2.15. The third kappa shape index (κ3) is 4.46. The van der Waals surface area contributed by atoms with E-state index >= 15 is 0 Å². The number of carbonyl (C=O) groups excluding carboxylic acids is 1. The Hall–Kier alpha value is -3.75. The zero-order valence-electron chi connectivity index (χ0n) is 17.7. The molecule has 1 saturated heterocycles. The van der Waals surface area contributed by atoms with Crippen molar-refractivity contribution in [2.45, 2.75) is 44.2 Å². The summed E-state index contributed by atoms with van der Waals surface area (Å²) in [5.41, 5.74) is 3.90. The maximum atomic E-state index is 11.7. The first-order chi connectivity index (χ1) is 15.7. The van der Waals surface area contributed by atoms with Crippen molar-refractivity contribution < 1.29 is 14.3 Å². The zero-order valence-corrected chi connectivity index (χ0v) is 17.7. The summed E-state index contributed by atoms with van der Waals surface area (Å²) in [6.45, 7) is 0.230. The minimum atomic E-state index is -0.0254. The maximum Gasteiger partial charge on any atom is 0.220 e. The summed E-state index contributed by atoms with van der Waals surface area (Å²) in [5.74, 6) is 2.47. The molecule has 1 saturated carbocycles. The number of tetrazole rings is 1. The Morgan fingerprint density at radius 3 is 2.66 bits per heavy atom. The molecule has 1 aromatic carbocycles. The first kappa shape index (κ1) is 20.2. The fourth-order valence-electron chi connectivity index (χ4n) is 3.89. The molecule has 1 aliphatic carbocycles. The fraction of sp³-hybridized carbons (Fsp3) is 0.348. The summed E-state index contributed by atoms with van der Waals surface area (Å²) in [7, 11) is 1.66. The summed E-state index contributed by atoms with van der Waals surface area (Å²) < 4.78 is 11.3. The van der Waals surface area contributed by atoms with Crippen LogP contribution in [0.2, 0.25) is 0 Å². The van der Waals surface area contributed by atoms with Crippen LogP contribution in [-0.4, -0.2) is 44.7 Å². The summed E-state index contributed by atoms with van der Waals surface area (Å²) in [4.78, 5) is 16.6. The van der Waals surface area contributed by atoms with E-state index in [1.54, 1.807) is 7.11 Å². The molecule has 9 heteroatoms. The van der Waals surface area contributed by atoms with E-state index in [9.17, 15) is 4.79 Å². The number of pyridine rings is 1. The summed E-state index contributed by atoms with van der Waals surface area (Å²) in [6.07, 6.45) is 5.75. The minimum Gasteiger partial charge on any atom is -0.485 e. The van der Waals surface area contributed by atoms with Gasteiger partial charge in [-0.25, -0.2) is 4.98 Å². The number of amides is 1. The number of aromatic nitrogens is 5. The van der Waals surface area contributed by atoms with Gasteiger partial charge in [-0.1, -0.05) is 29.5 Å². The number of hydrogen-bond acceptors (Lipinski definition) is 7. The molecule has 1 aliphatic heterocycles. The predicted octanol–water partition coefficient (Wildman–Crippen LogP) is 2.77. The van der Waals surface area contributed by atoms with Crippen LogP contribution in [-0.2, 0) is 11.4 Å². The monoisotopic (exact) mass is 432 g/mol. The van der Waals surface area contributed by atoms with E-state index in [1.165, 1.54) is 12.8 Å². The Bertz CT molecular complexity index is 1120. The third-order valence-corrected chi connectivity index (χ3v) is 5.70. The van der Waals surface area contributed by atoms with Crippen LogP contribution >= 0.6 is 0 Å². The van der Waals surface area contributed by atoms with Gasteiger partial charge in [0.25, 0.3) is 0 Å². The second kappa shape index (κ2) is 8.78. The molecule has 1 atom stereocenters. The first-order valence-corrected chi connectivity index (χ1v) is 10.7. The molecular weight excluding hydrogens is 408 g/mol. The molecule has 2 N–H and O–H groups in total. The third-order valence-electron chi connectivity index (χ3n) is 5.70. The van der Waals surface area contributed by atoms with E-state index in [1.807, 2.05) is 30.3 Å². The van der Waals surface area contributed by atoms with Crippen LogP contribution < -0.4 is 14.8 Å². The molecule has 2 fully saturated rings. The van der Waals surface area contributed by atoms with Crippen LogP contribution in [0.4, 0.5) is 0 Å². The topological polar surface area (TPSA) is 115 Å². The van der Waals surface area contributed by atoms with Crippen LogP contribution in [0.1, 0.15) is 54.2 Å². The van der Waals surface area contributed by atoms with Gasteiger partial charge < -0.3 is 14.8 Å². The maximum absolute atomic E-state index is 11.7. The van der Waals surface area contributed by atoms with Gasteiger partial charge in [0.15, 0.2) is 6.61 Å². The smallest absolute Gasteiger partial charge is 0.220 e. The molecule has 5 rings (SSSR count). The summed E-state index contributed by atoms with van der Waals surface area (Å²) in [6, 6.07) is 11.9. The standard InChI is InChI=1S/C23H24N6O3/c1-31-23-18(14-2-3-14)9-10-20(25-23)19(12-16-6-11-22(30)24-16)15-4-7-17(8-5-15)32-13-21-26-28-29-27-21/h4-5,7-10,12,14,16H,2-3,6,11,13H2,1H3,(H,24,30)(H,26,27,28,29)/b19-12+/t16-/m1/s1. The molecule has 0 bridgehead atoms. The number of rotatable bonds is 8. The van der Waals surface area contributed by atoms with Crippen LogP contribution in [0.25, 0.3) is 5.57 Å². The molecule has 0 radical (unpaired) electrons. The SMILES string of the molecule is COc1nc(/C(=C/[C@H]2CCC(=O)N2)c2ccc(OCc3nn[nH]n3)cc2)ccc1C1CC1. The highest BCUT2D eigenvalue weighted by Gasteiger charge is 2.28. The van der Waals surface area contributed by atoms with Crippen LogP contribution in [0.3, 0.4) is 0 Å². The molecular formula is C23H24N6O3. The van der Waals surface area contributed by atoms with E-state index in [2.05, 4.69) is 38.1 Å². The second-order valence-electron chi connectivity index (χ2n) is 8.00. The van der Waals surface area contributed by atoms with Gasteiger partial charge in [0, 0.05) is 23.6 Å². The van der Waals surface area contributed by atoms with Gasteiger partial charge in [-0.3, -0.25) is 4.79 Å². The van der Waals surface area contributed by atoms with Gasteiger partial charge in [-0.2, -0.15) is 5.21 Å². The van der Waals surface area contributed by atoms with Gasteiger partial charge in [0.05, 0.1) is 12.8 Å². The molecule has 9 nitrogen and oxygen atoms in total. The molecule has 1 amide bonds. The van der Waals surface area contributed by atoms with Crippen LogP contribution in [0.5, 0.6) is 11.6 Å². The van der Waals surface area contributed by atoms with Crippen molar-refractivity contribution in [2.24, 2.45) is 0 Å². The van der Waals surface area contributed by atoms with Gasteiger partial charge in [-0.05, 0) is 48.9 Å². The summed E-state index contributed by atoms with van der Waals surface area (Å²) >= 11 is 0. The Morgan fingerprint density at radius 2 is 2.00 bits per heavy atom. The number of carbonyl (C=O) groups is 1. The number of hydrogen-bond donors (Lipinski definition) is 2. The Kier molecular flexibility index (Phi) is 5.53. The van der Waals surface area contributed by atoms with Gasteiger partial charge >= 0.3 is 0 Å². The second-order valence-corrected chi connectivity index (χ2v) is 8.00. The van der Waals surface area contributed by atoms with Gasteiger partial charge in [0.1, 0.15) is 5.75 Å². The Labute approximate surface area is 185 Å². The van der Waals surface area contributed by atoms with Crippen molar-refractivity contribution in [3.63, 3.8) is 0 Å². The quantitative estimate of drug-likeness (QED) is 0.562. The fourth-order valence-corrected chi connectivity index (χ4v) is 3.89. The molecule has 0 spiro atoms. The van der Waals surface area contributed by atoms with Crippen LogP contribution in [0, 0.1) is 0 Å². The number of methoxy groups -OCH3 is 1. The van der Waals surface area contributed by atoms with Crippen molar-refractivity contribution in [3.05, 3.63) is 65.1 Å². The lowest BCUT2D eigenvalue weighted by atomic mass is 9.98. The van der Waals surface area contributed by atoms with Gasteiger partial charge in [0.2, 0.25) is 17.6 Å². The number of nitrogens with one attached hydrogen (secondary N) is 2. The van der Waals surface area contributed by atoms with Crippen molar-refractivity contribution >= 4 is 11.5 Å². The number of nitrogens with zero attached hydrogens (tertiary/aromatic N) is 4. The van der Waals surface area contributed by atoms with Crippen LogP contribution in [0.15, 0.2) is 42.5 Å². The first-order valence-electron chi connectivity index (χ1n) is 10.7. The molecule has 3 aromatic rings. The average Bonchev–Trinajstić information content (AvgIpc) is 3.37. The number of benzene rings is 1. The van der Waals surface area contributed by atoms with E-state index in [0.29, 0.717) is 29.8 Å². The predicted molar refractivity (Wildman–Crippen MR) is 116 cm³/mol. The normalized spacial score (nSPS) is 18.5. The Morgan fingerprint density at radius 1 is 1.16 bits per heavy atom. The highest BCUT2D eigenvalue weighted by Crippen LogP contribution is 2.44. The Balaban J connectivity index is 1.43. The highest BCUT2D eigenvalue weighted by molar-refractivity contribution is 5.82. The van der Waals surface area contributed by atoms with E-state index < -0.39 is 0 Å². The largest absolute Gasteiger partial charge is 0.485 e.